The Labute approximate surface area is 113 Å². The van der Waals surface area contributed by atoms with E-state index in [0.29, 0.717) is 12.6 Å². The molecule has 3 unspecified atom stereocenters. The number of nitrogens with one attached hydrogen (secondary N) is 1. The summed E-state index contributed by atoms with van der Waals surface area (Å²) in [5.74, 6) is 0.783. The lowest BCUT2D eigenvalue weighted by molar-refractivity contribution is 0.0801. The van der Waals surface area contributed by atoms with Gasteiger partial charge < -0.3 is 15.0 Å². The van der Waals surface area contributed by atoms with Crippen molar-refractivity contribution in [3.8, 4) is 0 Å². The van der Waals surface area contributed by atoms with Gasteiger partial charge in [0.2, 0.25) is 0 Å². The van der Waals surface area contributed by atoms with Crippen LogP contribution in [0, 0.1) is 5.92 Å². The summed E-state index contributed by atoms with van der Waals surface area (Å²) in [5, 5.41) is 3.62. The number of hydrogen-bond donors (Lipinski definition) is 1. The molecule has 0 aliphatic carbocycles. The van der Waals surface area contributed by atoms with Crippen LogP contribution in [-0.4, -0.2) is 49.8 Å². The van der Waals surface area contributed by atoms with Crippen molar-refractivity contribution in [3.63, 3.8) is 0 Å². The van der Waals surface area contributed by atoms with E-state index < -0.39 is 0 Å². The molecule has 0 bridgehead atoms. The lowest BCUT2D eigenvalue weighted by Crippen LogP contribution is -2.46. The average molecular weight is 254 g/mol. The van der Waals surface area contributed by atoms with Crippen LogP contribution in [0.1, 0.15) is 33.6 Å². The summed E-state index contributed by atoms with van der Waals surface area (Å²) >= 11 is 0. The number of piperidine rings is 1. The molecule has 106 valence electrons. The van der Waals surface area contributed by atoms with Gasteiger partial charge in [0.1, 0.15) is 0 Å². The normalized spacial score (nSPS) is 24.7. The molecule has 0 aromatic carbocycles. The van der Waals surface area contributed by atoms with Crippen LogP contribution in [0.5, 0.6) is 0 Å². The Balaban J connectivity index is 2.22. The van der Waals surface area contributed by atoms with E-state index in [1.807, 2.05) is 0 Å². The third kappa shape index (κ3) is 5.51. The molecule has 0 aromatic heterocycles. The molecular weight excluding hydrogens is 224 g/mol. The van der Waals surface area contributed by atoms with Gasteiger partial charge in [0, 0.05) is 19.1 Å². The smallest absolute Gasteiger partial charge is 0.0675 e. The van der Waals surface area contributed by atoms with Gasteiger partial charge in [0.15, 0.2) is 0 Å². The molecule has 1 saturated heterocycles. The van der Waals surface area contributed by atoms with Crippen LogP contribution in [0.15, 0.2) is 12.7 Å². The Bertz CT molecular complexity index is 233. The van der Waals surface area contributed by atoms with Crippen molar-refractivity contribution in [2.24, 2.45) is 5.92 Å². The predicted molar refractivity (Wildman–Crippen MR) is 77.9 cm³/mol. The van der Waals surface area contributed by atoms with Crippen molar-refractivity contribution in [2.75, 3.05) is 32.8 Å². The third-order valence-corrected chi connectivity index (χ3v) is 3.92. The van der Waals surface area contributed by atoms with Gasteiger partial charge in [-0.3, -0.25) is 0 Å². The van der Waals surface area contributed by atoms with Crippen LogP contribution in [-0.2, 0) is 4.74 Å². The molecule has 0 saturated carbocycles. The fourth-order valence-corrected chi connectivity index (χ4v) is 2.60. The zero-order chi connectivity index (χ0) is 13.4. The van der Waals surface area contributed by atoms with Crippen LogP contribution < -0.4 is 5.32 Å². The summed E-state index contributed by atoms with van der Waals surface area (Å²) in [5.41, 5.74) is 0. The minimum absolute atomic E-state index is 0.260. The van der Waals surface area contributed by atoms with E-state index >= 15 is 0 Å². The lowest BCUT2D eigenvalue weighted by atomic mass is 9.91. The summed E-state index contributed by atoms with van der Waals surface area (Å²) in [6, 6.07) is 0.578. The van der Waals surface area contributed by atoms with Crippen LogP contribution in [0.25, 0.3) is 0 Å². The molecule has 0 radical (unpaired) electrons. The highest BCUT2D eigenvalue weighted by Crippen LogP contribution is 2.19. The number of hydrogen-bond acceptors (Lipinski definition) is 3. The van der Waals surface area contributed by atoms with Gasteiger partial charge in [0.05, 0.1) is 12.7 Å². The van der Waals surface area contributed by atoms with Gasteiger partial charge in [-0.1, -0.05) is 13.0 Å². The monoisotopic (exact) mass is 254 g/mol. The molecule has 0 aromatic rings. The number of nitrogens with zero attached hydrogens (tertiary/aromatic N) is 1. The van der Waals surface area contributed by atoms with Crippen molar-refractivity contribution in [1.29, 1.82) is 0 Å². The van der Waals surface area contributed by atoms with Crippen LogP contribution >= 0.6 is 0 Å². The van der Waals surface area contributed by atoms with Crippen LogP contribution in [0.3, 0.4) is 0 Å². The van der Waals surface area contributed by atoms with E-state index in [9.17, 15) is 0 Å². The molecule has 3 nitrogen and oxygen atoms in total. The molecule has 0 spiro atoms. The molecule has 3 heteroatoms. The molecule has 1 N–H and O–H groups in total. The molecular formula is C15H30N2O. The molecule has 1 heterocycles. The molecule has 0 amide bonds. The summed E-state index contributed by atoms with van der Waals surface area (Å²) in [7, 11) is 0. The highest BCUT2D eigenvalue weighted by molar-refractivity contribution is 4.80. The van der Waals surface area contributed by atoms with Gasteiger partial charge in [-0.2, -0.15) is 0 Å². The highest BCUT2D eigenvalue weighted by Gasteiger charge is 2.23. The SMILES string of the molecule is C=CCOC(C)CNC(C)C1CCCN(CC)C1. The van der Waals surface area contributed by atoms with E-state index in [4.69, 9.17) is 4.74 Å². The predicted octanol–water partition coefficient (Wildman–Crippen LogP) is 2.29. The third-order valence-electron chi connectivity index (χ3n) is 3.92. The summed E-state index contributed by atoms with van der Waals surface area (Å²) in [6.07, 6.45) is 4.76. The molecule has 18 heavy (non-hydrogen) atoms. The number of likely N-dealkylation sites (tertiary alicyclic amines) is 1. The van der Waals surface area contributed by atoms with Crippen molar-refractivity contribution < 1.29 is 4.74 Å². The highest BCUT2D eigenvalue weighted by atomic mass is 16.5. The second-order valence-corrected chi connectivity index (χ2v) is 5.43. The van der Waals surface area contributed by atoms with Gasteiger partial charge in [-0.05, 0) is 45.7 Å². The Hall–Kier alpha value is -0.380. The van der Waals surface area contributed by atoms with Crippen molar-refractivity contribution >= 4 is 0 Å². The zero-order valence-corrected chi connectivity index (χ0v) is 12.3. The maximum Gasteiger partial charge on any atom is 0.0675 e. The minimum atomic E-state index is 0.260. The first-order valence-corrected chi connectivity index (χ1v) is 7.35. The van der Waals surface area contributed by atoms with Gasteiger partial charge in [-0.25, -0.2) is 0 Å². The first-order chi connectivity index (χ1) is 8.67. The molecule has 3 atom stereocenters. The average Bonchev–Trinajstić information content (AvgIpc) is 2.42. The first kappa shape index (κ1) is 15.7. The zero-order valence-electron chi connectivity index (χ0n) is 12.3. The Morgan fingerprint density at radius 3 is 2.94 bits per heavy atom. The maximum atomic E-state index is 5.58. The Kier molecular flexibility index (Phi) is 7.56. The fourth-order valence-electron chi connectivity index (χ4n) is 2.60. The van der Waals surface area contributed by atoms with Crippen LogP contribution in [0.4, 0.5) is 0 Å². The number of rotatable bonds is 8. The van der Waals surface area contributed by atoms with Gasteiger partial charge >= 0.3 is 0 Å². The molecule has 1 rings (SSSR count). The quantitative estimate of drug-likeness (QED) is 0.673. The van der Waals surface area contributed by atoms with E-state index in [0.717, 1.165) is 12.5 Å². The minimum Gasteiger partial charge on any atom is -0.373 e. The largest absolute Gasteiger partial charge is 0.373 e. The fraction of sp³-hybridized carbons (Fsp3) is 0.867. The van der Waals surface area contributed by atoms with Crippen molar-refractivity contribution in [3.05, 3.63) is 12.7 Å². The second kappa shape index (κ2) is 8.68. The molecule has 1 aliphatic heterocycles. The Morgan fingerprint density at radius 2 is 2.28 bits per heavy atom. The van der Waals surface area contributed by atoms with E-state index in [-0.39, 0.29) is 6.10 Å². The van der Waals surface area contributed by atoms with Crippen molar-refractivity contribution in [2.45, 2.75) is 45.8 Å². The topological polar surface area (TPSA) is 24.5 Å². The maximum absolute atomic E-state index is 5.58. The second-order valence-electron chi connectivity index (χ2n) is 5.43. The summed E-state index contributed by atoms with van der Waals surface area (Å²) in [4.78, 5) is 2.56. The molecule has 1 aliphatic rings. The molecule has 1 fully saturated rings. The Morgan fingerprint density at radius 1 is 1.50 bits per heavy atom. The lowest BCUT2D eigenvalue weighted by Gasteiger charge is -2.35. The number of ether oxygens (including phenoxy) is 1. The summed E-state index contributed by atoms with van der Waals surface area (Å²) in [6.45, 7) is 15.6. The van der Waals surface area contributed by atoms with Crippen LogP contribution in [0.2, 0.25) is 0 Å². The van der Waals surface area contributed by atoms with E-state index in [2.05, 4.69) is 37.6 Å². The standard InChI is InChI=1S/C15H30N2O/c1-5-10-18-13(3)11-16-14(4)15-8-7-9-17(6-2)12-15/h5,13-16H,1,6-12H2,2-4H3. The van der Waals surface area contributed by atoms with Gasteiger partial charge in [-0.15, -0.1) is 6.58 Å². The van der Waals surface area contributed by atoms with E-state index in [1.54, 1.807) is 6.08 Å². The summed E-state index contributed by atoms with van der Waals surface area (Å²) < 4.78 is 5.58. The van der Waals surface area contributed by atoms with Crippen molar-refractivity contribution in [1.82, 2.24) is 10.2 Å². The van der Waals surface area contributed by atoms with Gasteiger partial charge in [0.25, 0.3) is 0 Å². The first-order valence-electron chi connectivity index (χ1n) is 7.35. The van der Waals surface area contributed by atoms with E-state index in [1.165, 1.54) is 32.5 Å².